The molecule has 0 spiro atoms. The van der Waals surface area contributed by atoms with Crippen LogP contribution in [0.2, 0.25) is 0 Å². The SMILES string of the molecule is COc1nc2nc(C)nc(N[C@H](C)c3cccc(C(F)(F)F)c3F)c2cc1N1C[C@H]2COC[C@H]2C1. The summed E-state index contributed by atoms with van der Waals surface area (Å²) in [6, 6.07) is 4.33. The number of rotatable bonds is 5. The van der Waals surface area contributed by atoms with Crippen molar-refractivity contribution in [1.29, 1.82) is 0 Å². The Bertz CT molecular complexity index is 1260. The quantitative estimate of drug-likeness (QED) is 0.516. The van der Waals surface area contributed by atoms with Crippen molar-refractivity contribution in [3.63, 3.8) is 0 Å². The van der Waals surface area contributed by atoms with Gasteiger partial charge in [0.15, 0.2) is 5.65 Å². The minimum atomic E-state index is -4.79. The molecule has 5 rings (SSSR count). The van der Waals surface area contributed by atoms with Crippen LogP contribution in [0.5, 0.6) is 5.88 Å². The maximum Gasteiger partial charge on any atom is 0.419 e. The van der Waals surface area contributed by atoms with Crippen LogP contribution < -0.4 is 15.0 Å². The number of nitrogens with one attached hydrogen (secondary N) is 1. The zero-order valence-corrected chi connectivity index (χ0v) is 19.5. The molecule has 3 aromatic rings. The van der Waals surface area contributed by atoms with E-state index in [2.05, 4.69) is 25.2 Å². The molecule has 11 heteroatoms. The molecule has 0 amide bonds. The van der Waals surface area contributed by atoms with Crippen molar-refractivity contribution in [1.82, 2.24) is 15.0 Å². The van der Waals surface area contributed by atoms with E-state index < -0.39 is 23.6 Å². The molecule has 3 atom stereocenters. The van der Waals surface area contributed by atoms with E-state index in [9.17, 15) is 17.6 Å². The van der Waals surface area contributed by atoms with Gasteiger partial charge in [-0.05, 0) is 26.0 Å². The molecule has 2 fully saturated rings. The third kappa shape index (κ3) is 4.33. The Kier molecular flexibility index (Phi) is 5.90. The summed E-state index contributed by atoms with van der Waals surface area (Å²) in [4.78, 5) is 15.7. The number of aromatic nitrogens is 3. The summed E-state index contributed by atoms with van der Waals surface area (Å²) in [5.74, 6) is 0.765. The van der Waals surface area contributed by atoms with Crippen molar-refractivity contribution in [3.05, 3.63) is 47.0 Å². The van der Waals surface area contributed by atoms with Crippen LogP contribution in [0, 0.1) is 24.6 Å². The number of anilines is 2. The number of benzene rings is 1. The highest BCUT2D eigenvalue weighted by atomic mass is 19.4. The monoisotopic (exact) mass is 491 g/mol. The van der Waals surface area contributed by atoms with Gasteiger partial charge in [-0.2, -0.15) is 18.2 Å². The highest BCUT2D eigenvalue weighted by Gasteiger charge is 2.39. The molecule has 2 aliphatic heterocycles. The maximum atomic E-state index is 14.8. The Morgan fingerprint density at radius 3 is 2.51 bits per heavy atom. The number of alkyl halides is 3. The lowest BCUT2D eigenvalue weighted by Crippen LogP contribution is -2.23. The summed E-state index contributed by atoms with van der Waals surface area (Å²) in [5, 5.41) is 3.65. The first kappa shape index (κ1) is 23.5. The number of nitrogens with zero attached hydrogens (tertiary/aromatic N) is 4. The Balaban J connectivity index is 1.53. The molecule has 0 saturated carbocycles. The molecule has 35 heavy (non-hydrogen) atoms. The third-order valence-corrected chi connectivity index (χ3v) is 6.67. The summed E-state index contributed by atoms with van der Waals surface area (Å²) in [6.45, 7) is 6.32. The molecule has 1 aromatic carbocycles. The second-order valence-electron chi connectivity index (χ2n) is 9.04. The minimum Gasteiger partial charge on any atom is -0.479 e. The lowest BCUT2D eigenvalue weighted by atomic mass is 10.0. The molecule has 4 heterocycles. The Morgan fingerprint density at radius 2 is 1.86 bits per heavy atom. The maximum absolute atomic E-state index is 14.8. The molecule has 2 saturated heterocycles. The number of halogens is 4. The van der Waals surface area contributed by atoms with Gasteiger partial charge in [0.1, 0.15) is 23.1 Å². The van der Waals surface area contributed by atoms with Crippen LogP contribution in [-0.2, 0) is 10.9 Å². The Hall–Kier alpha value is -3.21. The van der Waals surface area contributed by atoms with Crippen LogP contribution in [0.3, 0.4) is 0 Å². The largest absolute Gasteiger partial charge is 0.479 e. The number of ether oxygens (including phenoxy) is 2. The van der Waals surface area contributed by atoms with Gasteiger partial charge >= 0.3 is 6.18 Å². The third-order valence-electron chi connectivity index (χ3n) is 6.67. The van der Waals surface area contributed by atoms with Gasteiger partial charge in [0.25, 0.3) is 0 Å². The highest BCUT2D eigenvalue weighted by molar-refractivity contribution is 5.90. The molecule has 0 unspecified atom stereocenters. The summed E-state index contributed by atoms with van der Waals surface area (Å²) in [5.41, 5.74) is -0.259. The fraction of sp³-hybridized carbons (Fsp3) is 0.458. The van der Waals surface area contributed by atoms with E-state index >= 15 is 0 Å². The highest BCUT2D eigenvalue weighted by Crippen LogP contribution is 2.39. The van der Waals surface area contributed by atoms with Crippen LogP contribution >= 0.6 is 0 Å². The smallest absolute Gasteiger partial charge is 0.419 e. The molecule has 0 bridgehead atoms. The first-order valence-electron chi connectivity index (χ1n) is 11.3. The van der Waals surface area contributed by atoms with Crippen molar-refractivity contribution in [3.8, 4) is 5.88 Å². The van der Waals surface area contributed by atoms with Gasteiger partial charge in [0, 0.05) is 30.5 Å². The van der Waals surface area contributed by atoms with E-state index in [1.54, 1.807) is 21.0 Å². The van der Waals surface area contributed by atoms with Gasteiger partial charge in [-0.1, -0.05) is 12.1 Å². The van der Waals surface area contributed by atoms with Gasteiger partial charge < -0.3 is 19.7 Å². The zero-order valence-electron chi connectivity index (χ0n) is 19.5. The zero-order chi connectivity index (χ0) is 24.9. The Morgan fingerprint density at radius 1 is 1.14 bits per heavy atom. The summed E-state index contributed by atoms with van der Waals surface area (Å²) < 4.78 is 65.5. The van der Waals surface area contributed by atoms with Gasteiger partial charge in [-0.15, -0.1) is 0 Å². The molecule has 1 N–H and O–H groups in total. The van der Waals surface area contributed by atoms with E-state index in [4.69, 9.17) is 9.47 Å². The van der Waals surface area contributed by atoms with Crippen molar-refractivity contribution < 1.29 is 27.0 Å². The predicted octanol–water partition coefficient (Wildman–Crippen LogP) is 4.76. The molecule has 186 valence electrons. The summed E-state index contributed by atoms with van der Waals surface area (Å²) in [6.07, 6.45) is -4.79. The topological polar surface area (TPSA) is 72.4 Å². The van der Waals surface area contributed by atoms with E-state index in [0.29, 0.717) is 40.4 Å². The van der Waals surface area contributed by atoms with Gasteiger partial charge in [-0.25, -0.2) is 14.4 Å². The second kappa shape index (κ2) is 8.78. The Labute approximate surface area is 199 Å². The molecule has 0 aliphatic carbocycles. The minimum absolute atomic E-state index is 0.113. The van der Waals surface area contributed by atoms with E-state index in [1.807, 2.05) is 6.07 Å². The first-order valence-corrected chi connectivity index (χ1v) is 11.3. The average molecular weight is 491 g/mol. The van der Waals surface area contributed by atoms with E-state index in [0.717, 1.165) is 38.1 Å². The molecule has 0 radical (unpaired) electrons. The van der Waals surface area contributed by atoms with Crippen molar-refractivity contribution in [2.24, 2.45) is 11.8 Å². The summed E-state index contributed by atoms with van der Waals surface area (Å²) in [7, 11) is 1.55. The summed E-state index contributed by atoms with van der Waals surface area (Å²) >= 11 is 0. The van der Waals surface area contributed by atoms with Crippen LogP contribution in [0.4, 0.5) is 29.1 Å². The normalized spacial score (nSPS) is 20.8. The van der Waals surface area contributed by atoms with Crippen molar-refractivity contribution in [2.45, 2.75) is 26.1 Å². The second-order valence-corrected chi connectivity index (χ2v) is 9.04. The number of pyridine rings is 1. The van der Waals surface area contributed by atoms with E-state index in [-0.39, 0.29) is 5.56 Å². The number of methoxy groups -OCH3 is 1. The first-order chi connectivity index (χ1) is 16.7. The average Bonchev–Trinajstić information content (AvgIpc) is 3.40. The fourth-order valence-electron chi connectivity index (χ4n) is 4.89. The molecule has 7 nitrogen and oxygen atoms in total. The van der Waals surface area contributed by atoms with Crippen LogP contribution in [-0.4, -0.2) is 48.4 Å². The van der Waals surface area contributed by atoms with Crippen LogP contribution in [0.25, 0.3) is 11.0 Å². The lowest BCUT2D eigenvalue weighted by molar-refractivity contribution is -0.140. The van der Waals surface area contributed by atoms with Crippen LogP contribution in [0.15, 0.2) is 24.3 Å². The number of fused-ring (bicyclic) bond motifs is 2. The standard InChI is InChI=1S/C24H25F4N5O2/c1-12(16-5-4-6-18(20(16)25)24(26,27)28)29-21-17-7-19(33-8-14-10-35-11-15(14)9-33)23(34-3)32-22(17)31-13(2)30-21/h4-7,12,14-15H,8-11H2,1-3H3,(H,29,30,31,32)/t12-,14-,15+/m1/s1. The fourth-order valence-corrected chi connectivity index (χ4v) is 4.89. The van der Waals surface area contributed by atoms with Gasteiger partial charge in [0.05, 0.1) is 37.3 Å². The van der Waals surface area contributed by atoms with Crippen molar-refractivity contribution >= 4 is 22.5 Å². The van der Waals surface area contributed by atoms with Crippen LogP contribution in [0.1, 0.15) is 29.9 Å². The molecule has 2 aliphatic rings. The lowest BCUT2D eigenvalue weighted by Gasteiger charge is -2.23. The predicted molar refractivity (Wildman–Crippen MR) is 122 cm³/mol. The number of hydrogen-bond donors (Lipinski definition) is 1. The van der Waals surface area contributed by atoms with E-state index in [1.165, 1.54) is 12.1 Å². The number of hydrogen-bond acceptors (Lipinski definition) is 7. The molecular formula is C24H25F4N5O2. The van der Waals surface area contributed by atoms with Gasteiger partial charge in [0.2, 0.25) is 5.88 Å². The molecule has 2 aromatic heterocycles. The number of aryl methyl sites for hydroxylation is 1. The van der Waals surface area contributed by atoms with Gasteiger partial charge in [-0.3, -0.25) is 0 Å². The molecular weight excluding hydrogens is 466 g/mol. The van der Waals surface area contributed by atoms with Crippen molar-refractivity contribution in [2.75, 3.05) is 43.6 Å².